The largest absolute Gasteiger partial charge is 0.465 e. The van der Waals surface area contributed by atoms with Crippen molar-refractivity contribution in [3.05, 3.63) is 24.3 Å². The van der Waals surface area contributed by atoms with Crippen molar-refractivity contribution in [2.75, 3.05) is 6.61 Å². The van der Waals surface area contributed by atoms with E-state index >= 15 is 0 Å². The number of ketones is 1. The van der Waals surface area contributed by atoms with E-state index in [4.69, 9.17) is 9.15 Å². The summed E-state index contributed by atoms with van der Waals surface area (Å²) in [4.78, 5) is 27.4. The summed E-state index contributed by atoms with van der Waals surface area (Å²) in [6.45, 7) is 3.27. The topological polar surface area (TPSA) is 69.4 Å². The van der Waals surface area contributed by atoms with Crippen LogP contribution in [-0.2, 0) is 14.3 Å². The van der Waals surface area contributed by atoms with E-state index in [0.29, 0.717) is 11.1 Å². The van der Waals surface area contributed by atoms with Gasteiger partial charge in [0.1, 0.15) is 5.52 Å². The number of fused-ring (bicyclic) bond motifs is 1. The lowest BCUT2D eigenvalue weighted by atomic mass is 10.3. The van der Waals surface area contributed by atoms with Gasteiger partial charge in [-0.2, -0.15) is 0 Å². The molecule has 5 nitrogen and oxygen atoms in total. The van der Waals surface area contributed by atoms with Crippen molar-refractivity contribution in [3.8, 4) is 0 Å². The Balaban J connectivity index is 2.21. The number of hydrogen-bond donors (Lipinski definition) is 0. The second kappa shape index (κ2) is 5.88. The monoisotopic (exact) mass is 279 g/mol. The molecule has 0 aliphatic heterocycles. The van der Waals surface area contributed by atoms with Crippen LogP contribution in [-0.4, -0.2) is 28.6 Å². The van der Waals surface area contributed by atoms with Crippen LogP contribution in [0.1, 0.15) is 13.8 Å². The SMILES string of the molecule is CCOC(=O)C(Sc1nc2ccccc2o1)C(C)=O. The van der Waals surface area contributed by atoms with Gasteiger partial charge in [-0.3, -0.25) is 9.59 Å². The molecule has 0 spiro atoms. The number of rotatable bonds is 5. The average Bonchev–Trinajstić information content (AvgIpc) is 2.78. The number of thioether (sulfide) groups is 1. The van der Waals surface area contributed by atoms with Crippen molar-refractivity contribution in [1.29, 1.82) is 0 Å². The number of para-hydroxylation sites is 2. The first-order valence-electron chi connectivity index (χ1n) is 5.81. The Kier molecular flexibility index (Phi) is 4.21. The smallest absolute Gasteiger partial charge is 0.327 e. The molecule has 0 fully saturated rings. The molecule has 100 valence electrons. The third-order valence-electron chi connectivity index (χ3n) is 2.36. The molecule has 19 heavy (non-hydrogen) atoms. The van der Waals surface area contributed by atoms with Gasteiger partial charge in [-0.15, -0.1) is 0 Å². The zero-order valence-corrected chi connectivity index (χ0v) is 11.4. The summed E-state index contributed by atoms with van der Waals surface area (Å²) in [7, 11) is 0. The molecule has 0 N–H and O–H groups in total. The van der Waals surface area contributed by atoms with E-state index in [2.05, 4.69) is 4.98 Å². The number of benzene rings is 1. The number of Topliss-reactive ketones (excluding diaryl/α,β-unsaturated/α-hetero) is 1. The Labute approximate surface area is 114 Å². The van der Waals surface area contributed by atoms with Crippen LogP contribution in [0.2, 0.25) is 0 Å². The molecule has 1 heterocycles. The van der Waals surface area contributed by atoms with Crippen molar-refractivity contribution in [2.24, 2.45) is 0 Å². The third-order valence-corrected chi connectivity index (χ3v) is 3.50. The van der Waals surface area contributed by atoms with Crippen LogP contribution in [0, 0.1) is 0 Å². The van der Waals surface area contributed by atoms with Gasteiger partial charge < -0.3 is 9.15 Å². The zero-order chi connectivity index (χ0) is 13.8. The van der Waals surface area contributed by atoms with Gasteiger partial charge in [0.15, 0.2) is 16.6 Å². The fourth-order valence-corrected chi connectivity index (χ4v) is 2.34. The second-order valence-electron chi connectivity index (χ2n) is 3.81. The first-order valence-corrected chi connectivity index (χ1v) is 6.69. The van der Waals surface area contributed by atoms with E-state index in [0.717, 1.165) is 11.8 Å². The maximum absolute atomic E-state index is 11.7. The number of carbonyl (C=O) groups is 2. The number of hydrogen-bond acceptors (Lipinski definition) is 6. The minimum atomic E-state index is -0.937. The van der Waals surface area contributed by atoms with Gasteiger partial charge in [0.2, 0.25) is 0 Å². The summed E-state index contributed by atoms with van der Waals surface area (Å²) in [5.74, 6) is -0.854. The number of ether oxygens (including phenoxy) is 1. The molecule has 0 bridgehead atoms. The van der Waals surface area contributed by atoms with E-state index in [1.807, 2.05) is 12.1 Å². The Hall–Kier alpha value is -1.82. The van der Waals surface area contributed by atoms with Gasteiger partial charge in [-0.25, -0.2) is 4.98 Å². The van der Waals surface area contributed by atoms with Crippen LogP contribution < -0.4 is 0 Å². The van der Waals surface area contributed by atoms with Gasteiger partial charge in [-0.05, 0) is 37.7 Å². The second-order valence-corrected chi connectivity index (χ2v) is 4.86. The molecule has 1 aromatic carbocycles. The van der Waals surface area contributed by atoms with Crippen LogP contribution in [0.3, 0.4) is 0 Å². The lowest BCUT2D eigenvalue weighted by Crippen LogP contribution is -2.27. The quantitative estimate of drug-likeness (QED) is 0.475. The standard InChI is InChI=1S/C13H13NO4S/c1-3-17-12(16)11(8(2)15)19-13-14-9-6-4-5-7-10(9)18-13/h4-7,11H,3H2,1-2H3. The summed E-state index contributed by atoms with van der Waals surface area (Å²) < 4.78 is 10.3. The number of oxazole rings is 1. The van der Waals surface area contributed by atoms with Crippen LogP contribution in [0.5, 0.6) is 0 Å². The molecular weight excluding hydrogens is 266 g/mol. The maximum Gasteiger partial charge on any atom is 0.327 e. The first kappa shape index (κ1) is 13.6. The molecule has 0 saturated heterocycles. The summed E-state index contributed by atoms with van der Waals surface area (Å²) in [5, 5.41) is -0.650. The molecule has 0 saturated carbocycles. The fourth-order valence-electron chi connectivity index (χ4n) is 1.52. The van der Waals surface area contributed by atoms with E-state index in [1.54, 1.807) is 19.1 Å². The molecule has 2 aromatic rings. The first-order chi connectivity index (χ1) is 9.11. The van der Waals surface area contributed by atoms with Gasteiger partial charge in [0.25, 0.3) is 5.22 Å². The predicted octanol–water partition coefficient (Wildman–Crippen LogP) is 2.44. The normalized spacial score (nSPS) is 12.3. The van der Waals surface area contributed by atoms with Gasteiger partial charge >= 0.3 is 5.97 Å². The molecule has 0 radical (unpaired) electrons. The highest BCUT2D eigenvalue weighted by Crippen LogP contribution is 2.27. The van der Waals surface area contributed by atoms with Crippen LogP contribution >= 0.6 is 11.8 Å². The van der Waals surface area contributed by atoms with Crippen molar-refractivity contribution >= 4 is 34.6 Å². The predicted molar refractivity (Wildman–Crippen MR) is 71.0 cm³/mol. The van der Waals surface area contributed by atoms with Crippen molar-refractivity contribution < 1.29 is 18.7 Å². The van der Waals surface area contributed by atoms with Gasteiger partial charge in [-0.1, -0.05) is 12.1 Å². The molecule has 1 atom stereocenters. The zero-order valence-electron chi connectivity index (χ0n) is 10.6. The van der Waals surface area contributed by atoms with Crippen LogP contribution in [0.25, 0.3) is 11.1 Å². The summed E-state index contributed by atoms with van der Waals surface area (Å²) in [6, 6.07) is 7.25. The van der Waals surface area contributed by atoms with Crippen LogP contribution in [0.15, 0.2) is 33.9 Å². The highest BCUT2D eigenvalue weighted by Gasteiger charge is 2.28. The van der Waals surface area contributed by atoms with Crippen LogP contribution in [0.4, 0.5) is 0 Å². The van der Waals surface area contributed by atoms with Crippen molar-refractivity contribution in [3.63, 3.8) is 0 Å². The summed E-state index contributed by atoms with van der Waals surface area (Å²) >= 11 is 0.969. The molecule has 0 aliphatic rings. The maximum atomic E-state index is 11.7. The Morgan fingerprint density at radius 2 is 2.16 bits per heavy atom. The van der Waals surface area contributed by atoms with Gasteiger partial charge in [0, 0.05) is 0 Å². The van der Waals surface area contributed by atoms with E-state index in [-0.39, 0.29) is 17.6 Å². The molecular formula is C13H13NO4S. The molecule has 0 aliphatic carbocycles. The van der Waals surface area contributed by atoms with E-state index in [1.165, 1.54) is 6.92 Å². The third kappa shape index (κ3) is 3.14. The van der Waals surface area contributed by atoms with E-state index in [9.17, 15) is 9.59 Å². The van der Waals surface area contributed by atoms with Crippen molar-refractivity contribution in [2.45, 2.75) is 24.3 Å². The molecule has 0 amide bonds. The number of nitrogens with zero attached hydrogens (tertiary/aromatic N) is 1. The lowest BCUT2D eigenvalue weighted by Gasteiger charge is -2.09. The highest BCUT2D eigenvalue weighted by atomic mass is 32.2. The lowest BCUT2D eigenvalue weighted by molar-refractivity contribution is -0.144. The molecule has 6 heteroatoms. The molecule has 1 unspecified atom stereocenters. The minimum absolute atomic E-state index is 0.233. The number of esters is 1. The highest BCUT2D eigenvalue weighted by molar-refractivity contribution is 8.01. The fraction of sp³-hybridized carbons (Fsp3) is 0.308. The number of carbonyl (C=O) groups excluding carboxylic acids is 2. The van der Waals surface area contributed by atoms with Crippen molar-refractivity contribution in [1.82, 2.24) is 4.98 Å². The average molecular weight is 279 g/mol. The Morgan fingerprint density at radius 1 is 1.42 bits per heavy atom. The summed E-state index contributed by atoms with van der Waals surface area (Å²) in [5.41, 5.74) is 1.31. The molecule has 1 aromatic heterocycles. The van der Waals surface area contributed by atoms with E-state index < -0.39 is 11.2 Å². The molecule has 2 rings (SSSR count). The number of aromatic nitrogens is 1. The minimum Gasteiger partial charge on any atom is -0.465 e. The Bertz CT molecular complexity index is 574. The Morgan fingerprint density at radius 3 is 2.79 bits per heavy atom. The summed E-state index contributed by atoms with van der Waals surface area (Å²) in [6.07, 6.45) is 0. The van der Waals surface area contributed by atoms with Gasteiger partial charge in [0.05, 0.1) is 6.61 Å².